The van der Waals surface area contributed by atoms with Gasteiger partial charge in [-0.05, 0) is 60.5 Å². The summed E-state index contributed by atoms with van der Waals surface area (Å²) < 4.78 is 5.58. The number of hydrazine groups is 1. The Hall–Kier alpha value is -3.71. The second-order valence-corrected chi connectivity index (χ2v) is 7.32. The van der Waals surface area contributed by atoms with Crippen LogP contribution in [-0.4, -0.2) is 23.5 Å². The van der Waals surface area contributed by atoms with Crippen molar-refractivity contribution in [3.05, 3.63) is 89.5 Å². The molecule has 0 bridgehead atoms. The number of carbonyl (C=O) groups is 2. The molecule has 158 valence electrons. The van der Waals surface area contributed by atoms with Gasteiger partial charge in [-0.25, -0.2) is 0 Å². The molecule has 0 aliphatic heterocycles. The van der Waals surface area contributed by atoms with Gasteiger partial charge in [-0.15, -0.1) is 0 Å². The maximum atomic E-state index is 12.4. The summed E-state index contributed by atoms with van der Waals surface area (Å²) in [6, 6.07) is 22.8. The van der Waals surface area contributed by atoms with E-state index >= 15 is 0 Å². The number of ether oxygens (including phenoxy) is 1. The summed E-state index contributed by atoms with van der Waals surface area (Å²) in [5.41, 5.74) is 9.34. The fourth-order valence-corrected chi connectivity index (χ4v) is 3.12. The Kier molecular flexibility index (Phi) is 7.35. The molecule has 0 aliphatic rings. The summed E-state index contributed by atoms with van der Waals surface area (Å²) in [6.45, 7) is 3.64. The monoisotopic (exact) mass is 433 g/mol. The summed E-state index contributed by atoms with van der Waals surface area (Å²) >= 11 is 5.07. The third kappa shape index (κ3) is 6.13. The molecule has 0 radical (unpaired) electrons. The molecule has 0 fully saturated rings. The van der Waals surface area contributed by atoms with E-state index in [-0.39, 0.29) is 17.6 Å². The maximum Gasteiger partial charge on any atom is 0.276 e. The van der Waals surface area contributed by atoms with E-state index in [0.29, 0.717) is 11.3 Å². The van der Waals surface area contributed by atoms with Crippen LogP contribution in [0.1, 0.15) is 21.5 Å². The van der Waals surface area contributed by atoms with Gasteiger partial charge in [0.25, 0.3) is 11.8 Å². The van der Waals surface area contributed by atoms with Gasteiger partial charge >= 0.3 is 0 Å². The predicted molar refractivity (Wildman–Crippen MR) is 125 cm³/mol. The van der Waals surface area contributed by atoms with E-state index in [1.165, 1.54) is 0 Å². The van der Waals surface area contributed by atoms with E-state index in [2.05, 4.69) is 16.2 Å². The highest BCUT2D eigenvalue weighted by molar-refractivity contribution is 7.80. The third-order valence-electron chi connectivity index (χ3n) is 4.55. The van der Waals surface area contributed by atoms with Crippen LogP contribution in [0.25, 0.3) is 11.1 Å². The van der Waals surface area contributed by atoms with Crippen LogP contribution in [-0.2, 0) is 4.79 Å². The Morgan fingerprint density at radius 3 is 2.06 bits per heavy atom. The Morgan fingerprint density at radius 2 is 1.42 bits per heavy atom. The van der Waals surface area contributed by atoms with Crippen molar-refractivity contribution in [3.8, 4) is 16.9 Å². The van der Waals surface area contributed by atoms with E-state index < -0.39 is 5.91 Å². The van der Waals surface area contributed by atoms with E-state index in [0.717, 1.165) is 22.3 Å². The molecule has 3 rings (SSSR count). The van der Waals surface area contributed by atoms with Crippen molar-refractivity contribution >= 4 is 29.1 Å². The Labute approximate surface area is 186 Å². The molecule has 7 heteroatoms. The number of benzene rings is 3. The molecule has 0 saturated carbocycles. The van der Waals surface area contributed by atoms with Gasteiger partial charge in [0.05, 0.1) is 0 Å². The molecule has 0 unspecified atom stereocenters. The molecule has 3 N–H and O–H groups in total. The van der Waals surface area contributed by atoms with Crippen molar-refractivity contribution < 1.29 is 14.3 Å². The van der Waals surface area contributed by atoms with Crippen LogP contribution in [0.15, 0.2) is 72.8 Å². The van der Waals surface area contributed by atoms with Gasteiger partial charge < -0.3 is 4.74 Å². The van der Waals surface area contributed by atoms with Crippen molar-refractivity contribution in [3.63, 3.8) is 0 Å². The standard InChI is InChI=1S/C24H23N3O3S/c1-16-7-6-8-17(2)22(16)30-15-21(28)26-27-24(31)25-23(29)20-13-11-19(12-14-20)18-9-4-3-5-10-18/h3-14H,15H2,1-2H3,(H,26,28)(H2,25,27,29,31). The van der Waals surface area contributed by atoms with Crippen molar-refractivity contribution in [1.82, 2.24) is 16.2 Å². The molecule has 0 spiro atoms. The summed E-state index contributed by atoms with van der Waals surface area (Å²) in [7, 11) is 0. The van der Waals surface area contributed by atoms with Crippen LogP contribution in [0.4, 0.5) is 0 Å². The van der Waals surface area contributed by atoms with Crippen molar-refractivity contribution in [1.29, 1.82) is 0 Å². The maximum absolute atomic E-state index is 12.4. The van der Waals surface area contributed by atoms with E-state index in [1.807, 2.05) is 74.5 Å². The summed E-state index contributed by atoms with van der Waals surface area (Å²) in [4.78, 5) is 24.4. The minimum atomic E-state index is -0.425. The van der Waals surface area contributed by atoms with Crippen LogP contribution in [0.5, 0.6) is 5.75 Å². The lowest BCUT2D eigenvalue weighted by atomic mass is 10.0. The molecule has 6 nitrogen and oxygen atoms in total. The number of para-hydroxylation sites is 1. The number of carbonyl (C=O) groups excluding carboxylic acids is 2. The van der Waals surface area contributed by atoms with Gasteiger partial charge in [0.15, 0.2) is 11.7 Å². The highest BCUT2D eigenvalue weighted by atomic mass is 32.1. The number of thiocarbonyl (C=S) groups is 1. The van der Waals surface area contributed by atoms with Crippen molar-refractivity contribution in [2.75, 3.05) is 6.61 Å². The molecular formula is C24H23N3O3S. The molecule has 2 amide bonds. The second-order valence-electron chi connectivity index (χ2n) is 6.91. The molecule has 0 saturated heterocycles. The lowest BCUT2D eigenvalue weighted by Gasteiger charge is -2.13. The number of amides is 2. The smallest absolute Gasteiger partial charge is 0.276 e. The van der Waals surface area contributed by atoms with Crippen LogP contribution in [0, 0.1) is 13.8 Å². The van der Waals surface area contributed by atoms with E-state index in [4.69, 9.17) is 17.0 Å². The first-order chi connectivity index (χ1) is 14.9. The van der Waals surface area contributed by atoms with Crippen LogP contribution in [0.2, 0.25) is 0 Å². The average molecular weight is 434 g/mol. The molecule has 0 aliphatic carbocycles. The minimum absolute atomic E-state index is 0.0161. The van der Waals surface area contributed by atoms with Crippen molar-refractivity contribution in [2.24, 2.45) is 0 Å². The molecule has 3 aromatic carbocycles. The lowest BCUT2D eigenvalue weighted by Crippen LogP contribution is -2.49. The van der Waals surface area contributed by atoms with Gasteiger partial charge in [-0.3, -0.25) is 25.8 Å². The van der Waals surface area contributed by atoms with Crippen LogP contribution in [0.3, 0.4) is 0 Å². The molecule has 31 heavy (non-hydrogen) atoms. The Bertz CT molecular complexity index is 1060. The van der Waals surface area contributed by atoms with Crippen LogP contribution < -0.4 is 20.9 Å². The van der Waals surface area contributed by atoms with E-state index in [1.54, 1.807) is 12.1 Å². The van der Waals surface area contributed by atoms with E-state index in [9.17, 15) is 9.59 Å². The number of hydrogen-bond donors (Lipinski definition) is 3. The largest absolute Gasteiger partial charge is 0.483 e. The Morgan fingerprint density at radius 1 is 0.806 bits per heavy atom. The highest BCUT2D eigenvalue weighted by Gasteiger charge is 2.10. The molecule has 0 heterocycles. The van der Waals surface area contributed by atoms with Gasteiger partial charge in [-0.1, -0.05) is 60.7 Å². The molecule has 0 atom stereocenters. The first-order valence-electron chi connectivity index (χ1n) is 9.68. The first kappa shape index (κ1) is 22.0. The second kappa shape index (κ2) is 10.4. The van der Waals surface area contributed by atoms with Crippen molar-refractivity contribution in [2.45, 2.75) is 13.8 Å². The fourth-order valence-electron chi connectivity index (χ4n) is 2.98. The summed E-state index contributed by atoms with van der Waals surface area (Å²) in [5, 5.41) is 2.51. The van der Waals surface area contributed by atoms with Gasteiger partial charge in [-0.2, -0.15) is 0 Å². The average Bonchev–Trinajstić information content (AvgIpc) is 2.78. The normalized spacial score (nSPS) is 10.1. The van der Waals surface area contributed by atoms with Gasteiger partial charge in [0.1, 0.15) is 5.75 Å². The summed E-state index contributed by atoms with van der Waals surface area (Å²) in [6.07, 6.45) is 0. The highest BCUT2D eigenvalue weighted by Crippen LogP contribution is 2.22. The minimum Gasteiger partial charge on any atom is -0.483 e. The third-order valence-corrected chi connectivity index (χ3v) is 4.76. The fraction of sp³-hybridized carbons (Fsp3) is 0.125. The Balaban J connectivity index is 1.46. The SMILES string of the molecule is Cc1cccc(C)c1OCC(=O)NNC(=S)NC(=O)c1ccc(-c2ccccc2)cc1. The lowest BCUT2D eigenvalue weighted by molar-refractivity contribution is -0.123. The predicted octanol–water partition coefficient (Wildman–Crippen LogP) is 3.68. The summed E-state index contributed by atoms with van der Waals surface area (Å²) in [5.74, 6) is -0.128. The molecule has 0 aromatic heterocycles. The topological polar surface area (TPSA) is 79.5 Å². The first-order valence-corrected chi connectivity index (χ1v) is 10.1. The molecule has 3 aromatic rings. The zero-order chi connectivity index (χ0) is 22.2. The number of nitrogens with one attached hydrogen (secondary N) is 3. The zero-order valence-corrected chi connectivity index (χ0v) is 18.1. The number of hydrogen-bond acceptors (Lipinski definition) is 4. The van der Waals surface area contributed by atoms with Crippen LogP contribution >= 0.6 is 12.2 Å². The zero-order valence-electron chi connectivity index (χ0n) is 17.3. The van der Waals surface area contributed by atoms with Gasteiger partial charge in [0.2, 0.25) is 0 Å². The number of aryl methyl sites for hydroxylation is 2. The number of rotatable bonds is 5. The molecular weight excluding hydrogens is 410 g/mol. The van der Waals surface area contributed by atoms with Gasteiger partial charge in [0, 0.05) is 5.56 Å². The quantitative estimate of drug-likeness (QED) is 0.423.